The first-order valence-electron chi connectivity index (χ1n) is 4.78. The number of nitrogens with zero attached hydrogens (tertiary/aromatic N) is 1. The number of nitriles is 1. The number of rotatable bonds is 1. The third-order valence-corrected chi connectivity index (χ3v) is 2.26. The Morgan fingerprint density at radius 2 is 2.00 bits per heavy atom. The number of aryl methyl sites for hydroxylation is 1. The van der Waals surface area contributed by atoms with E-state index in [1.54, 1.807) is 0 Å². The van der Waals surface area contributed by atoms with Crippen LogP contribution in [0.25, 0.3) is 11.1 Å². The van der Waals surface area contributed by atoms with E-state index in [4.69, 9.17) is 5.26 Å². The van der Waals surface area contributed by atoms with Gasteiger partial charge in [-0.15, -0.1) is 0 Å². The van der Waals surface area contributed by atoms with E-state index in [-0.39, 0.29) is 0 Å². The Morgan fingerprint density at radius 3 is 2.73 bits per heavy atom. The molecule has 0 aromatic heterocycles. The molecule has 0 spiro atoms. The van der Waals surface area contributed by atoms with E-state index in [1.165, 1.54) is 5.56 Å². The molecule has 0 saturated heterocycles. The number of hydrogen-bond donors (Lipinski definition) is 0. The summed E-state index contributed by atoms with van der Waals surface area (Å²) in [7, 11) is 0. The largest absolute Gasteiger partial charge is 0.192 e. The Hall–Kier alpha value is -2.07. The van der Waals surface area contributed by atoms with Crippen LogP contribution < -0.4 is 0 Å². The summed E-state index contributed by atoms with van der Waals surface area (Å²) in [5.41, 5.74) is 4.03. The van der Waals surface area contributed by atoms with Gasteiger partial charge in [0.1, 0.15) is 0 Å². The second-order valence-electron chi connectivity index (χ2n) is 3.49. The van der Waals surface area contributed by atoms with Crippen molar-refractivity contribution in [2.45, 2.75) is 6.92 Å². The lowest BCUT2D eigenvalue weighted by atomic mass is 10.0. The molecule has 0 aliphatic carbocycles. The molecule has 1 nitrogen and oxygen atoms in total. The molecule has 2 aromatic carbocycles. The summed E-state index contributed by atoms with van der Waals surface area (Å²) in [6.45, 7) is 2.04. The highest BCUT2D eigenvalue weighted by Gasteiger charge is 1.98. The van der Waals surface area contributed by atoms with Crippen molar-refractivity contribution >= 4 is 0 Å². The van der Waals surface area contributed by atoms with Crippen LogP contribution in [-0.2, 0) is 0 Å². The monoisotopic (exact) mass is 192 g/mol. The predicted octanol–water partition coefficient (Wildman–Crippen LogP) is 3.33. The fraction of sp³-hybridized carbons (Fsp3) is 0.0714. The van der Waals surface area contributed by atoms with Crippen molar-refractivity contribution in [2.24, 2.45) is 0 Å². The Balaban J connectivity index is 2.50. The molecule has 0 heterocycles. The van der Waals surface area contributed by atoms with Crippen molar-refractivity contribution in [2.75, 3.05) is 0 Å². The van der Waals surface area contributed by atoms with Crippen LogP contribution in [-0.4, -0.2) is 0 Å². The van der Waals surface area contributed by atoms with Crippen LogP contribution in [0.3, 0.4) is 0 Å². The molecular formula is C14H10N. The molecule has 0 saturated carbocycles. The maximum Gasteiger partial charge on any atom is 0.0991 e. The van der Waals surface area contributed by atoms with Gasteiger partial charge in [0.2, 0.25) is 0 Å². The molecule has 0 unspecified atom stereocenters. The van der Waals surface area contributed by atoms with Crippen molar-refractivity contribution in [3.05, 3.63) is 59.7 Å². The zero-order chi connectivity index (χ0) is 10.7. The SMILES string of the molecule is Cc1c[c]cc(-c2cccc(C#N)c2)c1. The Labute approximate surface area is 89.6 Å². The molecule has 0 aliphatic heterocycles. The molecule has 0 N–H and O–H groups in total. The van der Waals surface area contributed by atoms with Crippen LogP contribution in [0.5, 0.6) is 0 Å². The van der Waals surface area contributed by atoms with Crippen LogP contribution in [0.2, 0.25) is 0 Å². The molecule has 2 aromatic rings. The van der Waals surface area contributed by atoms with Crippen LogP contribution in [0, 0.1) is 24.3 Å². The third-order valence-electron chi connectivity index (χ3n) is 2.26. The van der Waals surface area contributed by atoms with Crippen molar-refractivity contribution in [3.63, 3.8) is 0 Å². The highest BCUT2D eigenvalue weighted by Crippen LogP contribution is 2.20. The second kappa shape index (κ2) is 3.98. The maximum atomic E-state index is 8.81. The molecule has 0 amide bonds. The minimum absolute atomic E-state index is 0.689. The van der Waals surface area contributed by atoms with Gasteiger partial charge in [0.25, 0.3) is 0 Å². The quantitative estimate of drug-likeness (QED) is 0.679. The number of benzene rings is 2. The highest BCUT2D eigenvalue weighted by molar-refractivity contribution is 5.65. The molecule has 0 bridgehead atoms. The van der Waals surface area contributed by atoms with Gasteiger partial charge in [0, 0.05) is 0 Å². The molecule has 71 valence electrons. The van der Waals surface area contributed by atoms with E-state index in [1.807, 2.05) is 43.3 Å². The molecule has 0 atom stereocenters. The summed E-state index contributed by atoms with van der Waals surface area (Å²) < 4.78 is 0. The first-order chi connectivity index (χ1) is 7.29. The lowest BCUT2D eigenvalue weighted by Gasteiger charge is -2.02. The number of hydrogen-bond acceptors (Lipinski definition) is 1. The standard InChI is InChI=1S/C14H10N/c1-11-4-2-6-13(8-11)14-7-3-5-12(9-14)10-15/h3-9H,1H3. The molecule has 1 radical (unpaired) electrons. The summed E-state index contributed by atoms with van der Waals surface area (Å²) in [6, 6.07) is 18.8. The molecule has 1 heteroatoms. The smallest absolute Gasteiger partial charge is 0.0991 e. The third kappa shape index (κ3) is 2.05. The predicted molar refractivity (Wildman–Crippen MR) is 60.2 cm³/mol. The molecule has 0 aliphatic rings. The van der Waals surface area contributed by atoms with Crippen molar-refractivity contribution in [3.8, 4) is 17.2 Å². The molecular weight excluding hydrogens is 182 g/mol. The fourth-order valence-corrected chi connectivity index (χ4v) is 1.53. The topological polar surface area (TPSA) is 23.8 Å². The second-order valence-corrected chi connectivity index (χ2v) is 3.49. The van der Waals surface area contributed by atoms with Gasteiger partial charge < -0.3 is 0 Å². The normalized spacial score (nSPS) is 9.60. The first-order valence-corrected chi connectivity index (χ1v) is 4.78. The van der Waals surface area contributed by atoms with E-state index in [2.05, 4.69) is 18.2 Å². The fourth-order valence-electron chi connectivity index (χ4n) is 1.53. The summed E-state index contributed by atoms with van der Waals surface area (Å²) >= 11 is 0. The van der Waals surface area contributed by atoms with Crippen molar-refractivity contribution in [1.82, 2.24) is 0 Å². The minimum Gasteiger partial charge on any atom is -0.192 e. The lowest BCUT2D eigenvalue weighted by Crippen LogP contribution is -1.81. The Kier molecular flexibility index (Phi) is 2.51. The first kappa shape index (κ1) is 9.48. The minimum atomic E-state index is 0.689. The van der Waals surface area contributed by atoms with Crippen molar-refractivity contribution in [1.29, 1.82) is 5.26 Å². The highest BCUT2D eigenvalue weighted by atomic mass is 14.2. The van der Waals surface area contributed by atoms with Crippen LogP contribution in [0.1, 0.15) is 11.1 Å². The van der Waals surface area contributed by atoms with E-state index < -0.39 is 0 Å². The van der Waals surface area contributed by atoms with Gasteiger partial charge in [-0.05, 0) is 47.9 Å². The molecule has 15 heavy (non-hydrogen) atoms. The Bertz CT molecular complexity index is 521. The molecule has 0 fully saturated rings. The van der Waals surface area contributed by atoms with Gasteiger partial charge >= 0.3 is 0 Å². The summed E-state index contributed by atoms with van der Waals surface area (Å²) in [6.07, 6.45) is 0. The summed E-state index contributed by atoms with van der Waals surface area (Å²) in [4.78, 5) is 0. The Morgan fingerprint density at radius 1 is 1.13 bits per heavy atom. The summed E-state index contributed by atoms with van der Waals surface area (Å²) in [5.74, 6) is 0. The summed E-state index contributed by atoms with van der Waals surface area (Å²) in [5, 5.41) is 8.81. The zero-order valence-electron chi connectivity index (χ0n) is 8.49. The molecule has 2 rings (SSSR count). The van der Waals surface area contributed by atoms with Crippen molar-refractivity contribution < 1.29 is 0 Å². The zero-order valence-corrected chi connectivity index (χ0v) is 8.49. The van der Waals surface area contributed by atoms with Gasteiger partial charge in [-0.3, -0.25) is 0 Å². The van der Waals surface area contributed by atoms with Crippen LogP contribution >= 0.6 is 0 Å². The van der Waals surface area contributed by atoms with E-state index in [0.717, 1.165) is 11.1 Å². The van der Waals surface area contributed by atoms with Gasteiger partial charge in [0.05, 0.1) is 11.6 Å². The van der Waals surface area contributed by atoms with E-state index in [9.17, 15) is 0 Å². The van der Waals surface area contributed by atoms with E-state index >= 15 is 0 Å². The average Bonchev–Trinajstić information content (AvgIpc) is 2.29. The lowest BCUT2D eigenvalue weighted by molar-refractivity contribution is 1.45. The average molecular weight is 192 g/mol. The van der Waals surface area contributed by atoms with Crippen LogP contribution in [0.4, 0.5) is 0 Å². The van der Waals surface area contributed by atoms with Gasteiger partial charge in [-0.1, -0.05) is 24.3 Å². The van der Waals surface area contributed by atoms with Crippen LogP contribution in [0.15, 0.2) is 42.5 Å². The van der Waals surface area contributed by atoms with Gasteiger partial charge in [-0.2, -0.15) is 5.26 Å². The maximum absolute atomic E-state index is 8.81. The van der Waals surface area contributed by atoms with Gasteiger partial charge in [0.15, 0.2) is 0 Å². The van der Waals surface area contributed by atoms with E-state index in [0.29, 0.717) is 5.56 Å². The van der Waals surface area contributed by atoms with Gasteiger partial charge in [-0.25, -0.2) is 0 Å².